The number of hydrogen-bond donors (Lipinski definition) is 2. The number of nitrogens with two attached hydrogens (primary N) is 1. The smallest absolute Gasteiger partial charge is 0.217 e. The molecule has 0 aliphatic heterocycles. The molecule has 0 aromatic rings. The van der Waals surface area contributed by atoms with Crippen LogP contribution in [0.15, 0.2) is 0 Å². The maximum Gasteiger partial charge on any atom is 0.217 e. The van der Waals surface area contributed by atoms with Crippen molar-refractivity contribution in [2.24, 2.45) is 5.73 Å². The van der Waals surface area contributed by atoms with Crippen molar-refractivity contribution >= 4 is 11.8 Å². The molecule has 0 aromatic carbocycles. The van der Waals surface area contributed by atoms with Crippen molar-refractivity contribution in [2.75, 3.05) is 0 Å². The largest absolute Gasteiger partial charge is 0.370 e. The highest BCUT2D eigenvalue weighted by molar-refractivity contribution is 5.75. The van der Waals surface area contributed by atoms with Gasteiger partial charge in [0.25, 0.3) is 0 Å². The quantitative estimate of drug-likeness (QED) is 0.523. The van der Waals surface area contributed by atoms with Gasteiger partial charge in [0.15, 0.2) is 0 Å². The van der Waals surface area contributed by atoms with Gasteiger partial charge in [-0.3, -0.25) is 9.59 Å². The standard InChI is InChI=1S/C6H11N2O2/c1-5(9)8-4-2-3-6(7)10/h4H,2-3H2,1H3,(H2,7,10)(H,8,9). The SMILES string of the molecule is CC(=O)N[CH]CCC(N)=O. The van der Waals surface area contributed by atoms with E-state index in [2.05, 4.69) is 5.32 Å². The van der Waals surface area contributed by atoms with E-state index in [4.69, 9.17) is 5.73 Å². The Balaban J connectivity index is 3.06. The number of nitrogens with one attached hydrogen (secondary N) is 1. The molecule has 0 unspecified atom stereocenters. The fourth-order valence-corrected chi connectivity index (χ4v) is 0.430. The van der Waals surface area contributed by atoms with E-state index in [1.165, 1.54) is 13.5 Å². The second-order valence-corrected chi connectivity index (χ2v) is 1.91. The Bertz CT molecular complexity index is 118. The molecule has 0 atom stereocenters. The lowest BCUT2D eigenvalue weighted by Crippen LogP contribution is -2.18. The molecule has 1 radical (unpaired) electrons. The van der Waals surface area contributed by atoms with E-state index in [0.29, 0.717) is 6.42 Å². The molecule has 0 heterocycles. The first-order chi connectivity index (χ1) is 4.63. The van der Waals surface area contributed by atoms with Gasteiger partial charge >= 0.3 is 0 Å². The van der Waals surface area contributed by atoms with Crippen LogP contribution < -0.4 is 11.1 Å². The van der Waals surface area contributed by atoms with Crippen molar-refractivity contribution in [3.05, 3.63) is 6.54 Å². The lowest BCUT2D eigenvalue weighted by Gasteiger charge is -1.97. The van der Waals surface area contributed by atoms with Crippen molar-refractivity contribution in [3.63, 3.8) is 0 Å². The number of carbonyl (C=O) groups excluding carboxylic acids is 2. The van der Waals surface area contributed by atoms with Crippen molar-refractivity contribution < 1.29 is 9.59 Å². The molecule has 0 bridgehead atoms. The summed E-state index contributed by atoms with van der Waals surface area (Å²) < 4.78 is 0. The van der Waals surface area contributed by atoms with E-state index in [1.807, 2.05) is 0 Å². The van der Waals surface area contributed by atoms with E-state index in [9.17, 15) is 9.59 Å². The fraction of sp³-hybridized carbons (Fsp3) is 0.500. The molecular weight excluding hydrogens is 132 g/mol. The molecule has 0 spiro atoms. The highest BCUT2D eigenvalue weighted by Gasteiger charge is 1.94. The molecule has 4 heteroatoms. The average Bonchev–Trinajstić information content (AvgIpc) is 1.79. The van der Waals surface area contributed by atoms with Crippen LogP contribution in [-0.4, -0.2) is 11.8 Å². The van der Waals surface area contributed by atoms with E-state index in [-0.39, 0.29) is 18.2 Å². The van der Waals surface area contributed by atoms with Crippen LogP contribution >= 0.6 is 0 Å². The third-order valence-corrected chi connectivity index (χ3v) is 0.840. The van der Waals surface area contributed by atoms with Gasteiger partial charge in [0, 0.05) is 19.9 Å². The van der Waals surface area contributed by atoms with Gasteiger partial charge in [-0.25, -0.2) is 0 Å². The molecule has 0 saturated carbocycles. The molecule has 4 nitrogen and oxygen atoms in total. The summed E-state index contributed by atoms with van der Waals surface area (Å²) in [6.07, 6.45) is 0.773. The van der Waals surface area contributed by atoms with Gasteiger partial charge in [-0.15, -0.1) is 0 Å². The molecule has 2 amide bonds. The Hall–Kier alpha value is -1.06. The summed E-state index contributed by atoms with van der Waals surface area (Å²) in [6.45, 7) is 2.92. The Morgan fingerprint density at radius 2 is 2.20 bits per heavy atom. The number of amides is 2. The van der Waals surface area contributed by atoms with Crippen LogP contribution in [0.2, 0.25) is 0 Å². The second kappa shape index (κ2) is 4.78. The number of rotatable bonds is 4. The van der Waals surface area contributed by atoms with Crippen LogP contribution in [0, 0.1) is 6.54 Å². The van der Waals surface area contributed by atoms with Crippen LogP contribution in [0.4, 0.5) is 0 Å². The van der Waals surface area contributed by atoms with E-state index in [0.717, 1.165) is 0 Å². The Morgan fingerprint density at radius 1 is 1.60 bits per heavy atom. The maximum absolute atomic E-state index is 10.2. The van der Waals surface area contributed by atoms with Gasteiger partial charge in [0.1, 0.15) is 0 Å². The second-order valence-electron chi connectivity index (χ2n) is 1.91. The predicted molar refractivity (Wildman–Crippen MR) is 36.5 cm³/mol. The van der Waals surface area contributed by atoms with Crippen LogP contribution in [0.5, 0.6) is 0 Å². The molecule has 0 aromatic heterocycles. The van der Waals surface area contributed by atoms with Gasteiger partial charge in [-0.2, -0.15) is 0 Å². The number of carbonyl (C=O) groups is 2. The molecule has 0 saturated heterocycles. The Labute approximate surface area is 59.8 Å². The average molecular weight is 143 g/mol. The van der Waals surface area contributed by atoms with Crippen LogP contribution in [0.3, 0.4) is 0 Å². The predicted octanol–water partition coefficient (Wildman–Crippen LogP) is -0.450. The molecule has 0 aliphatic rings. The van der Waals surface area contributed by atoms with E-state index < -0.39 is 0 Å². The van der Waals surface area contributed by atoms with Gasteiger partial charge in [-0.1, -0.05) is 0 Å². The van der Waals surface area contributed by atoms with Crippen LogP contribution in [0.1, 0.15) is 19.8 Å². The zero-order chi connectivity index (χ0) is 7.98. The molecule has 0 aliphatic carbocycles. The molecule has 10 heavy (non-hydrogen) atoms. The minimum absolute atomic E-state index is 0.135. The Kier molecular flexibility index (Phi) is 4.28. The summed E-state index contributed by atoms with van der Waals surface area (Å²) in [7, 11) is 0. The third-order valence-electron chi connectivity index (χ3n) is 0.840. The molecule has 3 N–H and O–H groups in total. The monoisotopic (exact) mass is 143 g/mol. The first-order valence-corrected chi connectivity index (χ1v) is 3.00. The van der Waals surface area contributed by atoms with Gasteiger partial charge in [-0.05, 0) is 6.42 Å². The molecule has 57 valence electrons. The number of primary amides is 1. The lowest BCUT2D eigenvalue weighted by molar-refractivity contribution is -0.119. The van der Waals surface area contributed by atoms with Crippen molar-refractivity contribution in [1.82, 2.24) is 5.32 Å². The third kappa shape index (κ3) is 6.94. The van der Waals surface area contributed by atoms with Crippen molar-refractivity contribution in [1.29, 1.82) is 0 Å². The summed E-state index contributed by atoms with van der Waals surface area (Å²) in [5.41, 5.74) is 4.84. The zero-order valence-corrected chi connectivity index (χ0v) is 5.89. The highest BCUT2D eigenvalue weighted by Crippen LogP contribution is 1.88. The number of hydrogen-bond acceptors (Lipinski definition) is 2. The summed E-state index contributed by atoms with van der Waals surface area (Å²) in [5.74, 6) is -0.494. The van der Waals surface area contributed by atoms with Gasteiger partial charge < -0.3 is 11.1 Å². The van der Waals surface area contributed by atoms with Crippen molar-refractivity contribution in [2.45, 2.75) is 19.8 Å². The van der Waals surface area contributed by atoms with Gasteiger partial charge in [0.2, 0.25) is 11.8 Å². The van der Waals surface area contributed by atoms with E-state index >= 15 is 0 Å². The normalized spacial score (nSPS) is 8.90. The van der Waals surface area contributed by atoms with Crippen LogP contribution in [-0.2, 0) is 9.59 Å². The summed E-state index contributed by atoms with van der Waals surface area (Å²) >= 11 is 0. The fourth-order valence-electron chi connectivity index (χ4n) is 0.430. The maximum atomic E-state index is 10.2. The minimum Gasteiger partial charge on any atom is -0.370 e. The van der Waals surface area contributed by atoms with E-state index in [1.54, 1.807) is 0 Å². The summed E-state index contributed by atoms with van der Waals surface area (Å²) in [6, 6.07) is 0. The van der Waals surface area contributed by atoms with Crippen molar-refractivity contribution in [3.8, 4) is 0 Å². The first kappa shape index (κ1) is 8.94. The van der Waals surface area contributed by atoms with Gasteiger partial charge in [0.05, 0.1) is 0 Å². The molecule has 0 fully saturated rings. The highest BCUT2D eigenvalue weighted by atomic mass is 16.1. The lowest BCUT2D eigenvalue weighted by atomic mass is 10.3. The van der Waals surface area contributed by atoms with Crippen LogP contribution in [0.25, 0.3) is 0 Å². The summed E-state index contributed by atoms with van der Waals surface area (Å²) in [5, 5.41) is 2.43. The Morgan fingerprint density at radius 3 is 2.60 bits per heavy atom. The topological polar surface area (TPSA) is 72.2 Å². The summed E-state index contributed by atoms with van der Waals surface area (Å²) in [4.78, 5) is 20.4. The molecule has 0 rings (SSSR count). The molecular formula is C6H11N2O2. The minimum atomic E-state index is -0.360. The first-order valence-electron chi connectivity index (χ1n) is 3.00. The zero-order valence-electron chi connectivity index (χ0n) is 5.89.